The maximum absolute atomic E-state index is 9.52. The van der Waals surface area contributed by atoms with Crippen molar-refractivity contribution in [3.05, 3.63) is 0 Å². The summed E-state index contributed by atoms with van der Waals surface area (Å²) in [7, 11) is 0. The van der Waals surface area contributed by atoms with Crippen LogP contribution in [-0.4, -0.2) is 24.8 Å². The molecule has 0 saturated heterocycles. The quantitative estimate of drug-likeness (QED) is 0.519. The first-order chi connectivity index (χ1) is 3.81. The molecule has 0 fully saturated rings. The number of hydrogen-bond donors (Lipinski definition) is 1. The molecule has 3 heteroatoms. The molecule has 0 spiro atoms. The Morgan fingerprint density at radius 2 is 2.50 bits per heavy atom. The molecule has 0 aromatic carbocycles. The average molecular weight is 118 g/mol. The van der Waals surface area contributed by atoms with Crippen molar-refractivity contribution in [2.45, 2.75) is 6.92 Å². The molecular formula is C5H10O3. The lowest BCUT2D eigenvalue weighted by Gasteiger charge is -2.02. The van der Waals surface area contributed by atoms with Gasteiger partial charge >= 0.3 is 0 Å². The van der Waals surface area contributed by atoms with E-state index >= 15 is 0 Å². The molecule has 0 saturated carbocycles. The van der Waals surface area contributed by atoms with E-state index in [1.54, 1.807) is 6.92 Å². The van der Waals surface area contributed by atoms with Crippen molar-refractivity contribution >= 4 is 6.47 Å². The summed E-state index contributed by atoms with van der Waals surface area (Å²) in [5.41, 5.74) is 0. The van der Waals surface area contributed by atoms with Crippen molar-refractivity contribution in [3.8, 4) is 0 Å². The van der Waals surface area contributed by atoms with Gasteiger partial charge in [-0.25, -0.2) is 0 Å². The molecule has 0 amide bonds. The smallest absolute Gasteiger partial charge is 0.293 e. The van der Waals surface area contributed by atoms with Crippen LogP contribution in [0.4, 0.5) is 0 Å². The summed E-state index contributed by atoms with van der Waals surface area (Å²) in [6.07, 6.45) is 0. The minimum atomic E-state index is 0.0557. The molecule has 0 heterocycles. The zero-order valence-corrected chi connectivity index (χ0v) is 4.83. The van der Waals surface area contributed by atoms with Gasteiger partial charge in [0.15, 0.2) is 0 Å². The molecule has 0 radical (unpaired) electrons. The third-order valence-corrected chi connectivity index (χ3v) is 0.760. The summed E-state index contributed by atoms with van der Waals surface area (Å²) in [5.74, 6) is 0.0557. The number of rotatable bonds is 4. The largest absolute Gasteiger partial charge is 0.468 e. The molecule has 3 nitrogen and oxygen atoms in total. The fourth-order valence-electron chi connectivity index (χ4n) is 0.256. The molecule has 1 unspecified atom stereocenters. The van der Waals surface area contributed by atoms with Crippen molar-refractivity contribution in [3.63, 3.8) is 0 Å². The van der Waals surface area contributed by atoms with E-state index in [-0.39, 0.29) is 12.5 Å². The Kier molecular flexibility index (Phi) is 4.26. The lowest BCUT2D eigenvalue weighted by Crippen LogP contribution is -2.08. The Balaban J connectivity index is 2.97. The first-order valence-electron chi connectivity index (χ1n) is 2.47. The van der Waals surface area contributed by atoms with Crippen LogP contribution >= 0.6 is 0 Å². The number of carbonyl (C=O) groups excluding carboxylic acids is 1. The second-order valence-electron chi connectivity index (χ2n) is 1.72. The van der Waals surface area contributed by atoms with Crippen LogP contribution in [0.15, 0.2) is 0 Å². The second kappa shape index (κ2) is 4.59. The maximum atomic E-state index is 9.52. The van der Waals surface area contributed by atoms with E-state index in [2.05, 4.69) is 4.74 Å². The topological polar surface area (TPSA) is 46.5 Å². The number of carbonyl (C=O) groups is 1. The fourth-order valence-corrected chi connectivity index (χ4v) is 0.256. The molecule has 0 aliphatic heterocycles. The molecule has 1 atom stereocenters. The van der Waals surface area contributed by atoms with Crippen molar-refractivity contribution in [2.75, 3.05) is 13.2 Å². The van der Waals surface area contributed by atoms with Crippen molar-refractivity contribution in [1.29, 1.82) is 0 Å². The molecule has 8 heavy (non-hydrogen) atoms. The van der Waals surface area contributed by atoms with Gasteiger partial charge in [0.25, 0.3) is 6.47 Å². The predicted octanol–water partition coefficient (Wildman–Crippen LogP) is -0.212. The van der Waals surface area contributed by atoms with E-state index in [1.165, 1.54) is 0 Å². The van der Waals surface area contributed by atoms with Gasteiger partial charge in [-0.3, -0.25) is 4.79 Å². The number of ether oxygens (including phenoxy) is 1. The summed E-state index contributed by atoms with van der Waals surface area (Å²) >= 11 is 0. The van der Waals surface area contributed by atoms with Crippen LogP contribution in [0.2, 0.25) is 0 Å². The maximum Gasteiger partial charge on any atom is 0.293 e. The minimum Gasteiger partial charge on any atom is -0.468 e. The van der Waals surface area contributed by atoms with Crippen molar-refractivity contribution < 1.29 is 14.6 Å². The number of aliphatic hydroxyl groups is 1. The highest BCUT2D eigenvalue weighted by Crippen LogP contribution is 1.90. The van der Waals surface area contributed by atoms with Crippen LogP contribution in [0.5, 0.6) is 0 Å². The van der Waals surface area contributed by atoms with E-state index < -0.39 is 0 Å². The van der Waals surface area contributed by atoms with Crippen LogP contribution in [0.3, 0.4) is 0 Å². The number of hydrogen-bond acceptors (Lipinski definition) is 3. The Bertz CT molecular complexity index is 62.7. The van der Waals surface area contributed by atoms with E-state index in [4.69, 9.17) is 5.11 Å². The van der Waals surface area contributed by atoms with E-state index in [1.807, 2.05) is 0 Å². The highest BCUT2D eigenvalue weighted by molar-refractivity contribution is 5.36. The Morgan fingerprint density at radius 1 is 1.88 bits per heavy atom. The summed E-state index contributed by atoms with van der Waals surface area (Å²) in [4.78, 5) is 9.52. The molecule has 48 valence electrons. The van der Waals surface area contributed by atoms with Crippen LogP contribution in [-0.2, 0) is 9.53 Å². The Hall–Kier alpha value is -0.570. The van der Waals surface area contributed by atoms with E-state index in [9.17, 15) is 4.79 Å². The molecule has 0 aliphatic carbocycles. The third kappa shape index (κ3) is 3.61. The molecule has 0 bridgehead atoms. The van der Waals surface area contributed by atoms with Crippen LogP contribution < -0.4 is 0 Å². The molecular weight excluding hydrogens is 108 g/mol. The van der Waals surface area contributed by atoms with Crippen LogP contribution in [0, 0.1) is 5.92 Å². The van der Waals surface area contributed by atoms with E-state index in [0.717, 1.165) is 0 Å². The summed E-state index contributed by atoms with van der Waals surface area (Å²) in [6, 6.07) is 0. The van der Waals surface area contributed by atoms with Gasteiger partial charge in [0.2, 0.25) is 0 Å². The van der Waals surface area contributed by atoms with Gasteiger partial charge < -0.3 is 9.84 Å². The highest BCUT2D eigenvalue weighted by Gasteiger charge is 1.96. The molecule has 0 aromatic rings. The molecule has 0 aromatic heterocycles. The van der Waals surface area contributed by atoms with Crippen LogP contribution in [0.25, 0.3) is 0 Å². The normalized spacial score (nSPS) is 12.8. The molecule has 0 rings (SSSR count). The predicted molar refractivity (Wildman–Crippen MR) is 28.3 cm³/mol. The standard InChI is InChI=1S/C5H10O3/c1-5(2-6)3-8-4-7/h4-6H,2-3H2,1H3. The van der Waals surface area contributed by atoms with Crippen LogP contribution in [0.1, 0.15) is 6.92 Å². The van der Waals surface area contributed by atoms with Gasteiger partial charge in [-0.1, -0.05) is 6.92 Å². The highest BCUT2D eigenvalue weighted by atomic mass is 16.5. The van der Waals surface area contributed by atoms with Crippen molar-refractivity contribution in [2.24, 2.45) is 5.92 Å². The Labute approximate surface area is 48.3 Å². The van der Waals surface area contributed by atoms with Gasteiger partial charge in [-0.2, -0.15) is 0 Å². The summed E-state index contributed by atoms with van der Waals surface area (Å²) in [5, 5.41) is 8.37. The summed E-state index contributed by atoms with van der Waals surface area (Å²) < 4.78 is 4.35. The second-order valence-corrected chi connectivity index (χ2v) is 1.72. The fraction of sp³-hybridized carbons (Fsp3) is 0.800. The minimum absolute atomic E-state index is 0.0557. The van der Waals surface area contributed by atoms with Crippen molar-refractivity contribution in [1.82, 2.24) is 0 Å². The van der Waals surface area contributed by atoms with Gasteiger partial charge in [-0.05, 0) is 0 Å². The van der Waals surface area contributed by atoms with Gasteiger partial charge in [0.05, 0.1) is 6.61 Å². The SMILES string of the molecule is CC(CO)COC=O. The summed E-state index contributed by atoms with van der Waals surface area (Å²) in [6.45, 7) is 2.55. The lowest BCUT2D eigenvalue weighted by molar-refractivity contribution is -0.130. The van der Waals surface area contributed by atoms with Gasteiger partial charge in [-0.15, -0.1) is 0 Å². The van der Waals surface area contributed by atoms with Gasteiger partial charge in [0.1, 0.15) is 0 Å². The molecule has 0 aliphatic rings. The first-order valence-corrected chi connectivity index (χ1v) is 2.47. The average Bonchev–Trinajstić information content (AvgIpc) is 1.83. The zero-order chi connectivity index (χ0) is 6.41. The van der Waals surface area contributed by atoms with E-state index in [0.29, 0.717) is 13.1 Å². The zero-order valence-electron chi connectivity index (χ0n) is 4.83. The Morgan fingerprint density at radius 3 is 2.88 bits per heavy atom. The van der Waals surface area contributed by atoms with Gasteiger partial charge in [0, 0.05) is 12.5 Å². The third-order valence-electron chi connectivity index (χ3n) is 0.760. The number of aliphatic hydroxyl groups excluding tert-OH is 1. The lowest BCUT2D eigenvalue weighted by atomic mass is 10.2. The molecule has 1 N–H and O–H groups in total. The monoisotopic (exact) mass is 118 g/mol. The first kappa shape index (κ1) is 7.43.